The van der Waals surface area contributed by atoms with E-state index in [-0.39, 0.29) is 5.82 Å². The van der Waals surface area contributed by atoms with E-state index in [1.807, 2.05) is 6.07 Å². The van der Waals surface area contributed by atoms with Gasteiger partial charge in [0.05, 0.1) is 12.6 Å². The Hall–Kier alpha value is -4.70. The third kappa shape index (κ3) is 3.30. The molecule has 7 rings (SSSR count). The lowest BCUT2D eigenvalue weighted by Crippen LogP contribution is -2.30. The summed E-state index contributed by atoms with van der Waals surface area (Å²) in [7, 11) is 2.11. The first-order valence-electron chi connectivity index (χ1n) is 12.4. The second kappa shape index (κ2) is 8.17. The third-order valence-electron chi connectivity index (χ3n) is 7.26. The Kier molecular flexibility index (Phi) is 4.76. The molecule has 0 N–H and O–H groups in total. The lowest BCUT2D eigenvalue weighted by Gasteiger charge is -2.11. The van der Waals surface area contributed by atoms with Gasteiger partial charge in [0.15, 0.2) is 11.0 Å². The van der Waals surface area contributed by atoms with Crippen molar-refractivity contribution >= 4 is 33.0 Å². The minimum Gasteiger partial charge on any atom is -0.456 e. The highest BCUT2D eigenvalue weighted by atomic mass is 19.1. The minimum absolute atomic E-state index is 0.299. The van der Waals surface area contributed by atoms with Gasteiger partial charge in [0, 0.05) is 22.4 Å². The van der Waals surface area contributed by atoms with Crippen LogP contribution >= 0.6 is 0 Å². The lowest BCUT2D eigenvalue weighted by molar-refractivity contribution is -0.633. The molecular formula is C33H24FN2O+. The summed E-state index contributed by atoms with van der Waals surface area (Å²) < 4.78 is 24.6. The quantitative estimate of drug-likeness (QED) is 0.233. The minimum atomic E-state index is -0.299. The van der Waals surface area contributed by atoms with Crippen molar-refractivity contribution in [2.24, 2.45) is 7.05 Å². The first-order chi connectivity index (χ1) is 18.1. The fourth-order valence-corrected chi connectivity index (χ4v) is 5.54. The van der Waals surface area contributed by atoms with Crippen molar-refractivity contribution < 1.29 is 13.4 Å². The first kappa shape index (κ1) is 21.6. The van der Waals surface area contributed by atoms with Crippen LogP contribution in [-0.2, 0) is 7.05 Å². The number of furan rings is 1. The van der Waals surface area contributed by atoms with Crippen molar-refractivity contribution in [1.82, 2.24) is 4.57 Å². The third-order valence-corrected chi connectivity index (χ3v) is 7.26. The largest absolute Gasteiger partial charge is 0.456 e. The van der Waals surface area contributed by atoms with Crippen LogP contribution in [0.4, 0.5) is 4.39 Å². The average Bonchev–Trinajstić information content (AvgIpc) is 3.42. The van der Waals surface area contributed by atoms with Crippen LogP contribution < -0.4 is 4.57 Å². The molecule has 0 radical (unpaired) electrons. The number of aromatic nitrogens is 2. The van der Waals surface area contributed by atoms with Gasteiger partial charge >= 0.3 is 0 Å². The molecule has 0 aliphatic heterocycles. The van der Waals surface area contributed by atoms with Crippen molar-refractivity contribution in [3.05, 3.63) is 121 Å². The smallest absolute Gasteiger partial charge is 0.295 e. The van der Waals surface area contributed by atoms with Crippen molar-refractivity contribution in [3.63, 3.8) is 0 Å². The fraction of sp³-hybridized carbons (Fsp3) is 0.0606. The zero-order chi connectivity index (χ0) is 25.1. The first-order valence-corrected chi connectivity index (χ1v) is 12.4. The van der Waals surface area contributed by atoms with E-state index in [4.69, 9.17) is 4.42 Å². The van der Waals surface area contributed by atoms with Gasteiger partial charge < -0.3 is 4.42 Å². The molecule has 4 heteroatoms. The van der Waals surface area contributed by atoms with Crippen molar-refractivity contribution in [2.45, 2.75) is 6.92 Å². The molecule has 0 atom stereocenters. The molecule has 0 fully saturated rings. The molecule has 7 aromatic rings. The molecule has 2 heterocycles. The summed E-state index contributed by atoms with van der Waals surface area (Å²) in [6.07, 6.45) is 0. The van der Waals surface area contributed by atoms with Gasteiger partial charge in [-0.2, -0.15) is 4.57 Å². The molecule has 0 aliphatic rings. The van der Waals surface area contributed by atoms with Crippen LogP contribution in [0.15, 0.2) is 114 Å². The number of fused-ring (bicyclic) bond motifs is 4. The van der Waals surface area contributed by atoms with E-state index in [9.17, 15) is 4.39 Å². The summed E-state index contributed by atoms with van der Waals surface area (Å²) >= 11 is 0. The number of benzene rings is 5. The van der Waals surface area contributed by atoms with Gasteiger partial charge in [0.1, 0.15) is 22.7 Å². The molecule has 0 bridgehead atoms. The maximum absolute atomic E-state index is 13.9. The molecular weight excluding hydrogens is 459 g/mol. The zero-order valence-electron chi connectivity index (χ0n) is 20.6. The topological polar surface area (TPSA) is 21.9 Å². The summed E-state index contributed by atoms with van der Waals surface area (Å²) in [5.74, 6) is 0.753. The number of para-hydroxylation sites is 3. The molecule has 0 aliphatic carbocycles. The van der Waals surface area contributed by atoms with E-state index in [0.29, 0.717) is 5.58 Å². The molecule has 3 nitrogen and oxygen atoms in total. The molecule has 178 valence electrons. The van der Waals surface area contributed by atoms with Crippen LogP contribution in [0.2, 0.25) is 0 Å². The van der Waals surface area contributed by atoms with E-state index in [1.54, 1.807) is 6.07 Å². The van der Waals surface area contributed by atoms with Crippen LogP contribution in [0.25, 0.3) is 61.2 Å². The predicted molar refractivity (Wildman–Crippen MR) is 147 cm³/mol. The summed E-state index contributed by atoms with van der Waals surface area (Å²) in [6.45, 7) is 2.13. The number of hydrogen-bond donors (Lipinski definition) is 0. The van der Waals surface area contributed by atoms with Gasteiger partial charge in [-0.05, 0) is 60.5 Å². The molecule has 5 aromatic carbocycles. The second-order valence-corrected chi connectivity index (χ2v) is 9.50. The second-order valence-electron chi connectivity index (χ2n) is 9.50. The average molecular weight is 484 g/mol. The normalized spacial score (nSPS) is 11.6. The summed E-state index contributed by atoms with van der Waals surface area (Å²) in [4.78, 5) is 0. The number of nitrogens with zero attached hydrogens (tertiary/aromatic N) is 2. The maximum Gasteiger partial charge on any atom is 0.295 e. The fourth-order valence-electron chi connectivity index (χ4n) is 5.54. The number of hydrogen-bond acceptors (Lipinski definition) is 1. The highest BCUT2D eigenvalue weighted by molar-refractivity contribution is 6.06. The SMILES string of the molecule is Cc1cc2c(cc1-c1n(-c3ccccc3-c3ccccc3)c3ccccc3[n+]1C)oc1cc(F)ccc12. The molecule has 37 heavy (non-hydrogen) atoms. The van der Waals surface area contributed by atoms with Gasteiger partial charge in [-0.1, -0.05) is 60.7 Å². The van der Waals surface area contributed by atoms with E-state index < -0.39 is 0 Å². The number of aryl methyl sites for hydroxylation is 2. The maximum atomic E-state index is 13.9. The van der Waals surface area contributed by atoms with Gasteiger partial charge in [0.2, 0.25) is 0 Å². The zero-order valence-corrected chi connectivity index (χ0v) is 20.6. The monoisotopic (exact) mass is 483 g/mol. The molecule has 0 saturated carbocycles. The predicted octanol–water partition coefficient (Wildman–Crippen LogP) is 8.14. The highest BCUT2D eigenvalue weighted by Crippen LogP contribution is 2.38. The van der Waals surface area contributed by atoms with E-state index in [1.165, 1.54) is 12.1 Å². The van der Waals surface area contributed by atoms with Crippen LogP contribution in [-0.4, -0.2) is 4.57 Å². The van der Waals surface area contributed by atoms with E-state index in [0.717, 1.165) is 61.2 Å². The van der Waals surface area contributed by atoms with Gasteiger partial charge in [-0.25, -0.2) is 8.96 Å². The number of halogens is 1. The summed E-state index contributed by atoms with van der Waals surface area (Å²) in [5.41, 5.74) is 9.16. The Balaban J connectivity index is 1.57. The molecule has 0 spiro atoms. The van der Waals surface area contributed by atoms with Crippen molar-refractivity contribution in [3.8, 4) is 28.2 Å². The standard InChI is InChI=1S/C33H24FN2O/c1-21-18-27-25-17-16-23(34)19-31(25)37-32(27)20-26(21)33-35(2)29-14-8-9-15-30(29)36(33)28-13-7-6-12-24(28)22-10-4-3-5-11-22/h3-20H,1-2H3/q+1. The van der Waals surface area contributed by atoms with Gasteiger partial charge in [0.25, 0.3) is 5.82 Å². The molecule has 0 amide bonds. The van der Waals surface area contributed by atoms with Gasteiger partial charge in [-0.3, -0.25) is 0 Å². The lowest BCUT2D eigenvalue weighted by atomic mass is 10.0. The van der Waals surface area contributed by atoms with Crippen molar-refractivity contribution in [2.75, 3.05) is 0 Å². The van der Waals surface area contributed by atoms with Crippen LogP contribution in [0, 0.1) is 12.7 Å². The molecule has 0 unspecified atom stereocenters. The number of rotatable bonds is 3. The molecule has 0 saturated heterocycles. The van der Waals surface area contributed by atoms with Gasteiger partial charge in [-0.15, -0.1) is 0 Å². The molecule has 2 aromatic heterocycles. The highest BCUT2D eigenvalue weighted by Gasteiger charge is 2.29. The van der Waals surface area contributed by atoms with E-state index >= 15 is 0 Å². The van der Waals surface area contributed by atoms with E-state index in [2.05, 4.69) is 108 Å². The Labute approximate surface area is 213 Å². The Morgan fingerprint density at radius 3 is 2.30 bits per heavy atom. The van der Waals surface area contributed by atoms with Crippen molar-refractivity contribution in [1.29, 1.82) is 0 Å². The Morgan fingerprint density at radius 1 is 0.703 bits per heavy atom. The van der Waals surface area contributed by atoms with Crippen LogP contribution in [0.5, 0.6) is 0 Å². The van der Waals surface area contributed by atoms with Crippen LogP contribution in [0.3, 0.4) is 0 Å². The van der Waals surface area contributed by atoms with Crippen LogP contribution in [0.1, 0.15) is 5.56 Å². The summed E-state index contributed by atoms with van der Waals surface area (Å²) in [5, 5.41) is 1.91. The number of imidazole rings is 1. The summed E-state index contributed by atoms with van der Waals surface area (Å²) in [6, 6.07) is 36.5. The Morgan fingerprint density at radius 2 is 1.43 bits per heavy atom. The Bertz CT molecular complexity index is 1960.